The van der Waals surface area contributed by atoms with Gasteiger partial charge in [0.2, 0.25) is 12.5 Å². The smallest absolute Gasteiger partial charge is 0.231 e. The van der Waals surface area contributed by atoms with Gasteiger partial charge in [0, 0.05) is 13.1 Å². The topological polar surface area (TPSA) is 39.7 Å². The number of nitrogens with one attached hydrogen (secondary N) is 1. The molecule has 0 amide bonds. The highest BCUT2D eigenvalue weighted by atomic mass is 16.7. The van der Waals surface area contributed by atoms with Crippen LogP contribution in [0.15, 0.2) is 12.1 Å². The quantitative estimate of drug-likeness (QED) is 0.871. The number of hydrogen-bond donors (Lipinski definition) is 1. The van der Waals surface area contributed by atoms with Crippen molar-refractivity contribution in [3.63, 3.8) is 0 Å². The Kier molecular flexibility index (Phi) is 4.24. The Morgan fingerprint density at radius 3 is 2.76 bits per heavy atom. The number of rotatable bonds is 6. The summed E-state index contributed by atoms with van der Waals surface area (Å²) in [6, 6.07) is 4.08. The van der Waals surface area contributed by atoms with Gasteiger partial charge in [-0.2, -0.15) is 0 Å². The van der Waals surface area contributed by atoms with Crippen LogP contribution in [0.4, 0.5) is 0 Å². The van der Waals surface area contributed by atoms with E-state index < -0.39 is 0 Å². The highest BCUT2D eigenvalue weighted by molar-refractivity contribution is 5.55. The molecule has 0 unspecified atom stereocenters. The second-order valence-corrected chi connectivity index (χ2v) is 6.20. The molecule has 1 aromatic carbocycles. The van der Waals surface area contributed by atoms with Crippen molar-refractivity contribution in [2.24, 2.45) is 5.41 Å². The van der Waals surface area contributed by atoms with Crippen molar-refractivity contribution in [2.75, 3.05) is 20.4 Å². The van der Waals surface area contributed by atoms with E-state index in [-0.39, 0.29) is 6.79 Å². The van der Waals surface area contributed by atoms with Crippen molar-refractivity contribution in [3.8, 4) is 17.2 Å². The average molecular weight is 291 g/mol. The number of methoxy groups -OCH3 is 1. The second-order valence-electron chi connectivity index (χ2n) is 6.20. The van der Waals surface area contributed by atoms with Crippen molar-refractivity contribution in [3.05, 3.63) is 17.7 Å². The minimum absolute atomic E-state index is 0.279. The molecular weight excluding hydrogens is 266 g/mol. The summed E-state index contributed by atoms with van der Waals surface area (Å²) in [5.74, 6) is 2.27. The van der Waals surface area contributed by atoms with Crippen LogP contribution in [0, 0.1) is 5.41 Å². The van der Waals surface area contributed by atoms with E-state index in [2.05, 4.69) is 12.2 Å². The van der Waals surface area contributed by atoms with Gasteiger partial charge in [0.1, 0.15) is 0 Å². The van der Waals surface area contributed by atoms with Crippen LogP contribution in [0.3, 0.4) is 0 Å². The van der Waals surface area contributed by atoms with E-state index in [0.29, 0.717) is 5.41 Å². The van der Waals surface area contributed by atoms with Crippen molar-refractivity contribution in [1.82, 2.24) is 5.32 Å². The third-order valence-electron chi connectivity index (χ3n) is 4.96. The number of ether oxygens (including phenoxy) is 3. The maximum atomic E-state index is 5.47. The van der Waals surface area contributed by atoms with Crippen LogP contribution in [-0.2, 0) is 6.54 Å². The van der Waals surface area contributed by atoms with Gasteiger partial charge in [0.25, 0.3) is 0 Å². The van der Waals surface area contributed by atoms with Gasteiger partial charge in [-0.15, -0.1) is 0 Å². The van der Waals surface area contributed by atoms with Crippen molar-refractivity contribution in [2.45, 2.75) is 45.6 Å². The number of fused-ring (bicyclic) bond motifs is 1. The zero-order valence-corrected chi connectivity index (χ0v) is 13.0. The lowest BCUT2D eigenvalue weighted by Gasteiger charge is -2.27. The van der Waals surface area contributed by atoms with Gasteiger partial charge >= 0.3 is 0 Å². The van der Waals surface area contributed by atoms with E-state index in [1.54, 1.807) is 7.11 Å². The normalized spacial score (nSPS) is 19.0. The summed E-state index contributed by atoms with van der Waals surface area (Å²) in [7, 11) is 1.67. The Hall–Kier alpha value is -1.42. The standard InChI is InChI=1S/C17H25NO3/c1-3-17(6-4-5-7-17)11-18-10-13-8-14(19-2)16-15(9-13)20-12-21-16/h8-9,18H,3-7,10-12H2,1-2H3. The molecule has 1 saturated carbocycles. The van der Waals surface area contributed by atoms with Gasteiger partial charge in [-0.1, -0.05) is 19.8 Å². The predicted molar refractivity (Wildman–Crippen MR) is 82.0 cm³/mol. The molecule has 1 fully saturated rings. The molecule has 0 bridgehead atoms. The molecule has 2 aliphatic rings. The largest absolute Gasteiger partial charge is 0.493 e. The fourth-order valence-corrected chi connectivity index (χ4v) is 3.54. The Morgan fingerprint density at radius 1 is 1.24 bits per heavy atom. The molecule has 1 aliphatic heterocycles. The zero-order valence-electron chi connectivity index (χ0n) is 13.0. The van der Waals surface area contributed by atoms with Crippen molar-refractivity contribution in [1.29, 1.82) is 0 Å². The van der Waals surface area contributed by atoms with Gasteiger partial charge in [-0.3, -0.25) is 0 Å². The molecule has 3 rings (SSSR count). The van der Waals surface area contributed by atoms with Gasteiger partial charge in [-0.25, -0.2) is 0 Å². The Balaban J connectivity index is 1.63. The first-order chi connectivity index (χ1) is 10.3. The van der Waals surface area contributed by atoms with Gasteiger partial charge in [-0.05, 0) is 42.4 Å². The molecule has 4 heteroatoms. The lowest BCUT2D eigenvalue weighted by molar-refractivity contribution is 0.171. The van der Waals surface area contributed by atoms with E-state index >= 15 is 0 Å². The molecule has 1 heterocycles. The highest BCUT2D eigenvalue weighted by Gasteiger charge is 2.31. The fourth-order valence-electron chi connectivity index (χ4n) is 3.54. The summed E-state index contributed by atoms with van der Waals surface area (Å²) in [5, 5.41) is 3.63. The molecular formula is C17H25NO3. The predicted octanol–water partition coefficient (Wildman–Crippen LogP) is 3.48. The molecule has 0 spiro atoms. The summed E-state index contributed by atoms with van der Waals surface area (Å²) >= 11 is 0. The average Bonchev–Trinajstić information content (AvgIpc) is 3.15. The summed E-state index contributed by atoms with van der Waals surface area (Å²) in [6.45, 7) is 4.53. The highest BCUT2D eigenvalue weighted by Crippen LogP contribution is 2.42. The maximum absolute atomic E-state index is 5.47. The van der Waals surface area contributed by atoms with E-state index in [1.165, 1.54) is 37.7 Å². The molecule has 116 valence electrons. The Bertz CT molecular complexity index is 495. The summed E-state index contributed by atoms with van der Waals surface area (Å²) in [6.07, 6.45) is 6.76. The minimum atomic E-state index is 0.279. The summed E-state index contributed by atoms with van der Waals surface area (Å²) in [4.78, 5) is 0. The van der Waals surface area contributed by atoms with E-state index in [9.17, 15) is 0 Å². The summed E-state index contributed by atoms with van der Waals surface area (Å²) < 4.78 is 16.3. The first-order valence-corrected chi connectivity index (χ1v) is 7.93. The first-order valence-electron chi connectivity index (χ1n) is 7.93. The third-order valence-corrected chi connectivity index (χ3v) is 4.96. The number of hydrogen-bond acceptors (Lipinski definition) is 4. The molecule has 21 heavy (non-hydrogen) atoms. The van der Waals surface area contributed by atoms with Crippen LogP contribution >= 0.6 is 0 Å². The SMILES string of the molecule is CCC1(CNCc2cc(OC)c3c(c2)OCO3)CCCC1. The molecule has 1 aromatic rings. The van der Waals surface area contributed by atoms with Crippen molar-refractivity contribution >= 4 is 0 Å². The number of benzene rings is 1. The molecule has 1 aliphatic carbocycles. The molecule has 1 N–H and O–H groups in total. The van der Waals surface area contributed by atoms with Crippen LogP contribution in [0.25, 0.3) is 0 Å². The van der Waals surface area contributed by atoms with Gasteiger partial charge < -0.3 is 19.5 Å². The van der Waals surface area contributed by atoms with Gasteiger partial charge in [0.15, 0.2) is 11.5 Å². The summed E-state index contributed by atoms with van der Waals surface area (Å²) in [5.41, 5.74) is 1.70. The van der Waals surface area contributed by atoms with Crippen LogP contribution < -0.4 is 19.5 Å². The van der Waals surface area contributed by atoms with E-state index in [0.717, 1.165) is 30.3 Å². The Morgan fingerprint density at radius 2 is 2.05 bits per heavy atom. The first kappa shape index (κ1) is 14.5. The van der Waals surface area contributed by atoms with Crippen LogP contribution in [0.1, 0.15) is 44.6 Å². The molecule has 0 aromatic heterocycles. The molecule has 4 nitrogen and oxygen atoms in total. The second kappa shape index (κ2) is 6.14. The third kappa shape index (κ3) is 2.95. The lowest BCUT2D eigenvalue weighted by Crippen LogP contribution is -2.31. The lowest BCUT2D eigenvalue weighted by atomic mass is 9.83. The zero-order chi connectivity index (χ0) is 14.7. The van der Waals surface area contributed by atoms with E-state index in [4.69, 9.17) is 14.2 Å². The van der Waals surface area contributed by atoms with Crippen molar-refractivity contribution < 1.29 is 14.2 Å². The van der Waals surface area contributed by atoms with Crippen LogP contribution in [0.5, 0.6) is 17.2 Å². The monoisotopic (exact) mass is 291 g/mol. The molecule has 0 saturated heterocycles. The van der Waals surface area contributed by atoms with Crippen LogP contribution in [0.2, 0.25) is 0 Å². The molecule has 0 atom stereocenters. The molecule has 0 radical (unpaired) electrons. The Labute approximate surface area is 126 Å². The van der Waals surface area contributed by atoms with Gasteiger partial charge in [0.05, 0.1) is 7.11 Å². The minimum Gasteiger partial charge on any atom is -0.493 e. The maximum Gasteiger partial charge on any atom is 0.231 e. The van der Waals surface area contributed by atoms with E-state index in [1.807, 2.05) is 12.1 Å². The van der Waals surface area contributed by atoms with Crippen LogP contribution in [-0.4, -0.2) is 20.4 Å². The fraction of sp³-hybridized carbons (Fsp3) is 0.647.